The fourth-order valence-electron chi connectivity index (χ4n) is 2.52. The Bertz CT molecular complexity index is 878. The third-order valence-electron chi connectivity index (χ3n) is 4.01. The first-order chi connectivity index (χ1) is 11.7. The van der Waals surface area contributed by atoms with Crippen LogP contribution in [0.25, 0.3) is 21.9 Å². The lowest BCUT2D eigenvalue weighted by molar-refractivity contribution is 0.174. The Morgan fingerprint density at radius 1 is 0.958 bits per heavy atom. The van der Waals surface area contributed by atoms with E-state index in [9.17, 15) is 0 Å². The van der Waals surface area contributed by atoms with Crippen LogP contribution < -0.4 is 4.74 Å². The van der Waals surface area contributed by atoms with Gasteiger partial charge in [0.1, 0.15) is 5.75 Å². The summed E-state index contributed by atoms with van der Waals surface area (Å²) in [7, 11) is 0. The van der Waals surface area contributed by atoms with Gasteiger partial charge in [0.15, 0.2) is 0 Å². The molecule has 3 aromatic carbocycles. The van der Waals surface area contributed by atoms with Crippen molar-refractivity contribution in [3.8, 4) is 22.9 Å². The number of hydrogen-bond acceptors (Lipinski definition) is 3. The molecular formula is C21H19NO2. The van der Waals surface area contributed by atoms with Gasteiger partial charge in [-0.2, -0.15) is 5.26 Å². The molecule has 24 heavy (non-hydrogen) atoms. The van der Waals surface area contributed by atoms with Crippen molar-refractivity contribution < 1.29 is 9.84 Å². The minimum atomic E-state index is 0.124. The molecule has 1 unspecified atom stereocenters. The number of ether oxygens (including phenoxy) is 1. The number of nitrogens with zero attached hydrogens (tertiary/aromatic N) is 1. The van der Waals surface area contributed by atoms with Gasteiger partial charge in [-0.05, 0) is 52.2 Å². The number of rotatable bonds is 5. The van der Waals surface area contributed by atoms with E-state index in [1.807, 2.05) is 49.4 Å². The maximum atomic E-state index is 9.06. The molecule has 0 saturated heterocycles. The summed E-state index contributed by atoms with van der Waals surface area (Å²) in [5, 5.41) is 20.2. The number of aliphatic hydroxyl groups is 1. The Morgan fingerprint density at radius 3 is 2.33 bits per heavy atom. The Morgan fingerprint density at radius 2 is 1.62 bits per heavy atom. The molecule has 1 atom stereocenters. The van der Waals surface area contributed by atoms with Crippen LogP contribution in [0.3, 0.4) is 0 Å². The van der Waals surface area contributed by atoms with Crippen molar-refractivity contribution in [1.29, 1.82) is 5.26 Å². The molecule has 0 aliphatic carbocycles. The summed E-state index contributed by atoms with van der Waals surface area (Å²) in [5.74, 6) is 0.938. The van der Waals surface area contributed by atoms with Crippen molar-refractivity contribution in [3.63, 3.8) is 0 Å². The Hall–Kier alpha value is -2.83. The highest BCUT2D eigenvalue weighted by Gasteiger charge is 2.04. The predicted octanol–water partition coefficient (Wildman–Crippen LogP) is 4.39. The van der Waals surface area contributed by atoms with Gasteiger partial charge in [-0.25, -0.2) is 0 Å². The first-order valence-electron chi connectivity index (χ1n) is 7.97. The molecule has 0 aliphatic heterocycles. The second-order valence-corrected chi connectivity index (χ2v) is 6.01. The quantitative estimate of drug-likeness (QED) is 0.759. The van der Waals surface area contributed by atoms with Crippen LogP contribution >= 0.6 is 0 Å². The lowest BCUT2D eigenvalue weighted by Gasteiger charge is -2.11. The molecule has 3 rings (SSSR count). The van der Waals surface area contributed by atoms with Crippen molar-refractivity contribution in [2.75, 3.05) is 13.2 Å². The van der Waals surface area contributed by atoms with Crippen LogP contribution in [-0.4, -0.2) is 18.3 Å². The van der Waals surface area contributed by atoms with Crippen LogP contribution in [0.2, 0.25) is 0 Å². The van der Waals surface area contributed by atoms with Crippen LogP contribution in [0.1, 0.15) is 12.5 Å². The molecule has 0 amide bonds. The maximum Gasteiger partial charge on any atom is 0.119 e. The standard InChI is InChI=1S/C21H19NO2/c1-15(13-23)14-24-21-9-8-19-10-18(6-7-20(19)11-21)17-4-2-16(12-22)3-5-17/h2-11,15,23H,13-14H2,1H3. The fourth-order valence-corrected chi connectivity index (χ4v) is 2.52. The largest absolute Gasteiger partial charge is 0.493 e. The van der Waals surface area contributed by atoms with Crippen LogP contribution in [0.4, 0.5) is 0 Å². The van der Waals surface area contributed by atoms with Crippen molar-refractivity contribution in [1.82, 2.24) is 0 Å². The topological polar surface area (TPSA) is 53.2 Å². The molecule has 0 fully saturated rings. The molecule has 120 valence electrons. The average Bonchev–Trinajstić information content (AvgIpc) is 2.65. The molecule has 3 heteroatoms. The Labute approximate surface area is 141 Å². The van der Waals surface area contributed by atoms with Gasteiger partial charge in [-0.1, -0.05) is 37.3 Å². The van der Waals surface area contributed by atoms with E-state index in [1.54, 1.807) is 0 Å². The van der Waals surface area contributed by atoms with E-state index in [0.717, 1.165) is 27.6 Å². The van der Waals surface area contributed by atoms with Crippen molar-refractivity contribution in [2.45, 2.75) is 6.92 Å². The first-order valence-corrected chi connectivity index (χ1v) is 7.97. The van der Waals surface area contributed by atoms with Crippen molar-refractivity contribution in [3.05, 3.63) is 66.2 Å². The summed E-state index contributed by atoms with van der Waals surface area (Å²) in [5.41, 5.74) is 2.88. The average molecular weight is 317 g/mol. The van der Waals surface area contributed by atoms with E-state index < -0.39 is 0 Å². The summed E-state index contributed by atoms with van der Waals surface area (Å²) in [4.78, 5) is 0. The number of fused-ring (bicyclic) bond motifs is 1. The molecule has 0 bridgehead atoms. The zero-order valence-corrected chi connectivity index (χ0v) is 13.6. The van der Waals surface area contributed by atoms with E-state index >= 15 is 0 Å². The molecule has 0 spiro atoms. The molecule has 0 radical (unpaired) electrons. The van der Waals surface area contributed by atoms with Crippen molar-refractivity contribution >= 4 is 10.8 Å². The summed E-state index contributed by atoms with van der Waals surface area (Å²) < 4.78 is 5.72. The molecule has 0 saturated carbocycles. The van der Waals surface area contributed by atoms with Crippen LogP contribution in [0.15, 0.2) is 60.7 Å². The van der Waals surface area contributed by atoms with Crippen LogP contribution in [0.5, 0.6) is 5.75 Å². The third-order valence-corrected chi connectivity index (χ3v) is 4.01. The maximum absolute atomic E-state index is 9.06. The second kappa shape index (κ2) is 7.16. The number of aliphatic hydroxyl groups excluding tert-OH is 1. The minimum Gasteiger partial charge on any atom is -0.493 e. The van der Waals surface area contributed by atoms with Crippen molar-refractivity contribution in [2.24, 2.45) is 5.92 Å². The molecule has 1 N–H and O–H groups in total. The fraction of sp³-hybridized carbons (Fsp3) is 0.190. The first kappa shape index (κ1) is 16.0. The Balaban J connectivity index is 1.85. The highest BCUT2D eigenvalue weighted by Crippen LogP contribution is 2.27. The van der Waals surface area contributed by atoms with Gasteiger partial charge in [0, 0.05) is 12.5 Å². The normalized spacial score (nSPS) is 11.9. The number of hydrogen-bond donors (Lipinski definition) is 1. The highest BCUT2D eigenvalue weighted by molar-refractivity contribution is 5.88. The number of nitriles is 1. The summed E-state index contributed by atoms with van der Waals surface area (Å²) in [6.45, 7) is 2.58. The zero-order chi connectivity index (χ0) is 16.9. The summed E-state index contributed by atoms with van der Waals surface area (Å²) >= 11 is 0. The molecule has 0 heterocycles. The smallest absolute Gasteiger partial charge is 0.119 e. The van der Waals surface area contributed by atoms with E-state index in [0.29, 0.717) is 12.2 Å². The van der Waals surface area contributed by atoms with Gasteiger partial charge in [0.2, 0.25) is 0 Å². The molecule has 3 aromatic rings. The molecule has 3 nitrogen and oxygen atoms in total. The van der Waals surface area contributed by atoms with Gasteiger partial charge >= 0.3 is 0 Å². The highest BCUT2D eigenvalue weighted by atomic mass is 16.5. The number of benzene rings is 3. The molecule has 0 aliphatic rings. The van der Waals surface area contributed by atoms with E-state index in [-0.39, 0.29) is 12.5 Å². The van der Waals surface area contributed by atoms with Gasteiger partial charge in [0.25, 0.3) is 0 Å². The van der Waals surface area contributed by atoms with E-state index in [2.05, 4.69) is 24.3 Å². The lowest BCUT2D eigenvalue weighted by Crippen LogP contribution is -2.11. The monoisotopic (exact) mass is 317 g/mol. The minimum absolute atomic E-state index is 0.124. The second-order valence-electron chi connectivity index (χ2n) is 6.01. The summed E-state index contributed by atoms with van der Waals surface area (Å²) in [6, 6.07) is 22.0. The molecular weight excluding hydrogens is 298 g/mol. The van der Waals surface area contributed by atoms with Crippen LogP contribution in [0, 0.1) is 17.2 Å². The van der Waals surface area contributed by atoms with Crippen LogP contribution in [-0.2, 0) is 0 Å². The van der Waals surface area contributed by atoms with Gasteiger partial charge in [-0.3, -0.25) is 0 Å². The SMILES string of the molecule is CC(CO)COc1ccc2cc(-c3ccc(C#N)cc3)ccc2c1. The van der Waals surface area contributed by atoms with Gasteiger partial charge < -0.3 is 9.84 Å². The third kappa shape index (κ3) is 3.56. The van der Waals surface area contributed by atoms with E-state index in [4.69, 9.17) is 15.1 Å². The van der Waals surface area contributed by atoms with E-state index in [1.165, 1.54) is 0 Å². The lowest BCUT2D eigenvalue weighted by atomic mass is 10.0. The molecule has 0 aromatic heterocycles. The summed E-state index contributed by atoms with van der Waals surface area (Å²) in [6.07, 6.45) is 0. The zero-order valence-electron chi connectivity index (χ0n) is 13.6. The van der Waals surface area contributed by atoms with Gasteiger partial charge in [0.05, 0.1) is 18.2 Å². The Kier molecular flexibility index (Phi) is 4.79. The van der Waals surface area contributed by atoms with Gasteiger partial charge in [-0.15, -0.1) is 0 Å². The predicted molar refractivity (Wildman–Crippen MR) is 95.8 cm³/mol.